The van der Waals surface area contributed by atoms with Gasteiger partial charge in [0, 0.05) is 18.7 Å². The van der Waals surface area contributed by atoms with Crippen LogP contribution < -0.4 is 10.6 Å². The summed E-state index contributed by atoms with van der Waals surface area (Å²) in [4.78, 5) is 58.0. The van der Waals surface area contributed by atoms with Gasteiger partial charge in [-0.15, -0.1) is 6.58 Å². The summed E-state index contributed by atoms with van der Waals surface area (Å²) in [6.45, 7) is 2.84. The van der Waals surface area contributed by atoms with Crippen LogP contribution in [0.3, 0.4) is 0 Å². The van der Waals surface area contributed by atoms with Crippen molar-refractivity contribution in [1.82, 2.24) is 15.5 Å². The van der Waals surface area contributed by atoms with Crippen molar-refractivity contribution in [3.63, 3.8) is 0 Å². The van der Waals surface area contributed by atoms with E-state index in [4.69, 9.17) is 0 Å². The number of nitro groups is 1. The molecule has 124 valence electrons. The molecule has 0 spiro atoms. The molecular formula is C14H12N4O6. The number of carbonyl (C=O) groups excluding carboxylic acids is 4. The molecule has 1 aromatic rings. The molecule has 24 heavy (non-hydrogen) atoms. The number of fused-ring (bicyclic) bond motifs is 1. The Hall–Kier alpha value is -3.56. The first kappa shape index (κ1) is 16.8. The van der Waals surface area contributed by atoms with Crippen LogP contribution in [0.2, 0.25) is 0 Å². The molecule has 1 aromatic carbocycles. The standard InChI is InChI=1S/C14H12N4O6/c1-2-5-15-14(22)16-11(19)7-17-12(20)9-4-3-8(18(23)24)6-10(9)13(17)21/h2-4,6H,1,5,7H2,(H2,15,16,19,22). The third-order valence-electron chi connectivity index (χ3n) is 3.13. The molecule has 10 heteroatoms. The number of imide groups is 2. The van der Waals surface area contributed by atoms with Crippen molar-refractivity contribution in [1.29, 1.82) is 0 Å². The quantitative estimate of drug-likeness (QED) is 0.342. The van der Waals surface area contributed by atoms with Gasteiger partial charge < -0.3 is 5.32 Å². The van der Waals surface area contributed by atoms with Crippen molar-refractivity contribution in [2.75, 3.05) is 13.1 Å². The van der Waals surface area contributed by atoms with Gasteiger partial charge in [-0.25, -0.2) is 4.79 Å². The average Bonchev–Trinajstić information content (AvgIpc) is 2.77. The zero-order valence-electron chi connectivity index (χ0n) is 12.3. The molecule has 0 saturated heterocycles. The van der Waals surface area contributed by atoms with Gasteiger partial charge >= 0.3 is 6.03 Å². The van der Waals surface area contributed by atoms with E-state index in [2.05, 4.69) is 11.9 Å². The highest BCUT2D eigenvalue weighted by molar-refractivity contribution is 6.22. The van der Waals surface area contributed by atoms with E-state index in [0.717, 1.165) is 18.2 Å². The van der Waals surface area contributed by atoms with Crippen LogP contribution in [0.1, 0.15) is 20.7 Å². The highest BCUT2D eigenvalue weighted by Crippen LogP contribution is 2.26. The minimum atomic E-state index is -0.874. The molecular weight excluding hydrogens is 320 g/mol. The molecule has 0 aromatic heterocycles. The van der Waals surface area contributed by atoms with Crippen LogP contribution in [0.5, 0.6) is 0 Å². The molecule has 1 aliphatic heterocycles. The van der Waals surface area contributed by atoms with E-state index in [1.54, 1.807) is 0 Å². The smallest absolute Gasteiger partial charge is 0.321 e. The van der Waals surface area contributed by atoms with Crippen molar-refractivity contribution in [3.05, 3.63) is 52.1 Å². The number of urea groups is 1. The molecule has 0 radical (unpaired) electrons. The first-order valence-electron chi connectivity index (χ1n) is 6.68. The average molecular weight is 332 g/mol. The van der Waals surface area contributed by atoms with Gasteiger partial charge in [0.25, 0.3) is 17.5 Å². The maximum Gasteiger partial charge on any atom is 0.321 e. The summed E-state index contributed by atoms with van der Waals surface area (Å²) in [6.07, 6.45) is 1.40. The number of hydrogen-bond acceptors (Lipinski definition) is 6. The SMILES string of the molecule is C=CCNC(=O)NC(=O)CN1C(=O)c2ccc([N+](=O)[O-])cc2C1=O. The Morgan fingerprint density at radius 3 is 2.54 bits per heavy atom. The summed E-state index contributed by atoms with van der Waals surface area (Å²) in [5, 5.41) is 15.0. The Morgan fingerprint density at radius 1 is 1.25 bits per heavy atom. The van der Waals surface area contributed by atoms with Crippen LogP contribution in [0.25, 0.3) is 0 Å². The van der Waals surface area contributed by atoms with Crippen LogP contribution in [-0.2, 0) is 4.79 Å². The fourth-order valence-electron chi connectivity index (χ4n) is 2.05. The van der Waals surface area contributed by atoms with Gasteiger partial charge in [-0.2, -0.15) is 0 Å². The summed E-state index contributed by atoms with van der Waals surface area (Å²) in [7, 11) is 0. The van der Waals surface area contributed by atoms with Crippen LogP contribution in [0.15, 0.2) is 30.9 Å². The second kappa shape index (κ2) is 6.69. The third kappa shape index (κ3) is 3.27. The summed E-state index contributed by atoms with van der Waals surface area (Å²) in [6, 6.07) is 2.43. The van der Waals surface area contributed by atoms with Crippen molar-refractivity contribution in [2.45, 2.75) is 0 Å². The molecule has 1 aliphatic rings. The number of non-ortho nitro benzene ring substituents is 1. The molecule has 0 unspecified atom stereocenters. The predicted molar refractivity (Wildman–Crippen MR) is 80.2 cm³/mol. The van der Waals surface area contributed by atoms with Gasteiger partial charge in [-0.3, -0.25) is 34.7 Å². The zero-order valence-corrected chi connectivity index (χ0v) is 12.3. The Labute approximate surface area is 135 Å². The fourth-order valence-corrected chi connectivity index (χ4v) is 2.05. The molecule has 10 nitrogen and oxygen atoms in total. The second-order valence-electron chi connectivity index (χ2n) is 4.73. The lowest BCUT2D eigenvalue weighted by molar-refractivity contribution is -0.384. The van der Waals surface area contributed by atoms with E-state index in [9.17, 15) is 29.3 Å². The first-order valence-corrected chi connectivity index (χ1v) is 6.68. The van der Waals surface area contributed by atoms with Crippen LogP contribution >= 0.6 is 0 Å². The fraction of sp³-hybridized carbons (Fsp3) is 0.143. The lowest BCUT2D eigenvalue weighted by Gasteiger charge is -2.13. The minimum Gasteiger partial charge on any atom is -0.334 e. The van der Waals surface area contributed by atoms with Gasteiger partial charge in [-0.05, 0) is 6.07 Å². The maximum atomic E-state index is 12.2. The Bertz CT molecular complexity index is 773. The lowest BCUT2D eigenvalue weighted by Crippen LogP contribution is -2.45. The van der Waals surface area contributed by atoms with Gasteiger partial charge in [0.1, 0.15) is 6.54 Å². The Morgan fingerprint density at radius 2 is 1.92 bits per heavy atom. The predicted octanol–water partition coefficient (Wildman–Crippen LogP) is 0.203. The van der Waals surface area contributed by atoms with Crippen molar-refractivity contribution < 1.29 is 24.1 Å². The third-order valence-corrected chi connectivity index (χ3v) is 3.13. The maximum absolute atomic E-state index is 12.2. The van der Waals surface area contributed by atoms with Gasteiger partial charge in [-0.1, -0.05) is 6.08 Å². The van der Waals surface area contributed by atoms with Crippen LogP contribution in [0, 0.1) is 10.1 Å². The monoisotopic (exact) mass is 332 g/mol. The van der Waals surface area contributed by atoms with E-state index < -0.39 is 35.2 Å². The lowest BCUT2D eigenvalue weighted by atomic mass is 10.1. The van der Waals surface area contributed by atoms with Gasteiger partial charge in [0.2, 0.25) is 5.91 Å². The number of amides is 5. The molecule has 0 aliphatic carbocycles. The van der Waals surface area contributed by atoms with Gasteiger partial charge in [0.05, 0.1) is 16.1 Å². The molecule has 0 fully saturated rings. The number of nitrogens with zero attached hydrogens (tertiary/aromatic N) is 2. The molecule has 2 rings (SSSR count). The summed E-state index contributed by atoms with van der Waals surface area (Å²) in [5.74, 6) is -2.47. The normalized spacial score (nSPS) is 12.6. The summed E-state index contributed by atoms with van der Waals surface area (Å²) >= 11 is 0. The van der Waals surface area contributed by atoms with E-state index >= 15 is 0 Å². The molecule has 5 amide bonds. The number of hydrogen-bond donors (Lipinski definition) is 2. The van der Waals surface area contributed by atoms with Crippen molar-refractivity contribution >= 4 is 29.4 Å². The van der Waals surface area contributed by atoms with E-state index in [1.807, 2.05) is 5.32 Å². The second-order valence-corrected chi connectivity index (χ2v) is 4.73. The molecule has 1 heterocycles. The molecule has 2 N–H and O–H groups in total. The molecule has 0 atom stereocenters. The van der Waals surface area contributed by atoms with Crippen LogP contribution in [-0.4, -0.2) is 46.7 Å². The number of carbonyl (C=O) groups is 4. The number of nitro benzene ring substituents is 1. The number of nitrogens with one attached hydrogen (secondary N) is 2. The number of rotatable bonds is 5. The van der Waals surface area contributed by atoms with E-state index in [-0.39, 0.29) is 23.4 Å². The highest BCUT2D eigenvalue weighted by atomic mass is 16.6. The molecule has 0 saturated carbocycles. The highest BCUT2D eigenvalue weighted by Gasteiger charge is 2.37. The molecule has 0 bridgehead atoms. The Balaban J connectivity index is 2.10. The largest absolute Gasteiger partial charge is 0.334 e. The minimum absolute atomic E-state index is 0.0329. The summed E-state index contributed by atoms with van der Waals surface area (Å²) < 4.78 is 0. The van der Waals surface area contributed by atoms with E-state index in [1.165, 1.54) is 6.08 Å². The van der Waals surface area contributed by atoms with E-state index in [0.29, 0.717) is 4.90 Å². The first-order chi connectivity index (χ1) is 11.3. The van der Waals surface area contributed by atoms with Crippen molar-refractivity contribution in [2.24, 2.45) is 0 Å². The number of benzene rings is 1. The Kier molecular flexibility index (Phi) is 4.68. The van der Waals surface area contributed by atoms with Gasteiger partial charge in [0.15, 0.2) is 0 Å². The topological polar surface area (TPSA) is 139 Å². The summed E-state index contributed by atoms with van der Waals surface area (Å²) in [5.41, 5.74) is -0.530. The zero-order chi connectivity index (χ0) is 17.9. The van der Waals surface area contributed by atoms with Crippen molar-refractivity contribution in [3.8, 4) is 0 Å². The van der Waals surface area contributed by atoms with Crippen LogP contribution in [0.4, 0.5) is 10.5 Å².